The molecular weight excluding hydrogens is 176 g/mol. The van der Waals surface area contributed by atoms with Gasteiger partial charge in [-0.1, -0.05) is 18.0 Å². The molecule has 0 saturated carbocycles. The molecule has 1 fully saturated rings. The van der Waals surface area contributed by atoms with Crippen molar-refractivity contribution in [1.29, 1.82) is 0 Å². The highest BCUT2D eigenvalue weighted by Crippen LogP contribution is 2.21. The molecule has 0 bridgehead atoms. The van der Waals surface area contributed by atoms with Gasteiger partial charge in [-0.15, -0.1) is 0 Å². The van der Waals surface area contributed by atoms with E-state index in [1.54, 1.807) is 0 Å². The fourth-order valence-electron chi connectivity index (χ4n) is 1.98. The Kier molecular flexibility index (Phi) is 3.93. The molecule has 1 saturated heterocycles. The summed E-state index contributed by atoms with van der Waals surface area (Å²) in [5, 5.41) is 12.2. The maximum absolute atomic E-state index is 8.83. The molecule has 0 amide bonds. The Labute approximate surface area is 86.8 Å². The van der Waals surface area contributed by atoms with Crippen LogP contribution >= 0.6 is 0 Å². The van der Waals surface area contributed by atoms with E-state index in [0.29, 0.717) is 0 Å². The molecule has 0 atom stereocenters. The Morgan fingerprint density at radius 3 is 2.07 bits per heavy atom. The molecule has 1 N–H and O–H groups in total. The third-order valence-electron chi connectivity index (χ3n) is 3.43. The van der Waals surface area contributed by atoms with Crippen LogP contribution in [0.3, 0.4) is 0 Å². The van der Waals surface area contributed by atoms with Gasteiger partial charge in [0.15, 0.2) is 0 Å². The molecule has 0 spiro atoms. The summed E-state index contributed by atoms with van der Waals surface area (Å²) in [7, 11) is 0. The summed E-state index contributed by atoms with van der Waals surface area (Å²) >= 11 is 0. The monoisotopic (exact) mass is 198 g/mol. The molecule has 0 aliphatic carbocycles. The third-order valence-corrected chi connectivity index (χ3v) is 3.43. The highest BCUT2D eigenvalue weighted by atomic mass is 16.4. The predicted octanol–water partition coefficient (Wildman–Crippen LogP) is 2.49. The van der Waals surface area contributed by atoms with Gasteiger partial charge in [-0.2, -0.15) is 0 Å². The second kappa shape index (κ2) is 4.78. The van der Waals surface area contributed by atoms with Crippen LogP contribution in [-0.2, 0) is 0 Å². The van der Waals surface area contributed by atoms with Crippen molar-refractivity contribution in [3.05, 3.63) is 0 Å². The first-order chi connectivity index (χ1) is 6.59. The molecule has 0 unspecified atom stereocenters. The quantitative estimate of drug-likeness (QED) is 0.420. The molecule has 3 nitrogen and oxygen atoms in total. The summed E-state index contributed by atoms with van der Waals surface area (Å²) in [4.78, 5) is 2.43. The minimum atomic E-state index is -0.0981. The number of nitrogens with zero attached hydrogens (tertiary/aromatic N) is 2. The van der Waals surface area contributed by atoms with Gasteiger partial charge in [0.05, 0.1) is 11.3 Å². The van der Waals surface area contributed by atoms with Crippen molar-refractivity contribution in [3.8, 4) is 0 Å². The van der Waals surface area contributed by atoms with Gasteiger partial charge in [0.25, 0.3) is 0 Å². The van der Waals surface area contributed by atoms with Crippen LogP contribution in [-0.4, -0.2) is 34.4 Å². The Morgan fingerprint density at radius 2 is 1.64 bits per heavy atom. The summed E-state index contributed by atoms with van der Waals surface area (Å²) in [6, 6.07) is 0. The van der Waals surface area contributed by atoms with Crippen molar-refractivity contribution >= 4 is 5.71 Å². The van der Waals surface area contributed by atoms with E-state index < -0.39 is 0 Å². The maximum atomic E-state index is 8.83. The van der Waals surface area contributed by atoms with Crippen LogP contribution in [0, 0.1) is 0 Å². The van der Waals surface area contributed by atoms with Gasteiger partial charge < -0.3 is 5.21 Å². The van der Waals surface area contributed by atoms with Crippen molar-refractivity contribution in [2.24, 2.45) is 5.16 Å². The molecule has 1 aliphatic heterocycles. The topological polar surface area (TPSA) is 35.8 Å². The fraction of sp³-hybridized carbons (Fsp3) is 0.909. The second-order valence-electron chi connectivity index (χ2n) is 4.65. The number of hydrogen-bond acceptors (Lipinski definition) is 3. The number of hydrogen-bond donors (Lipinski definition) is 1. The average molecular weight is 198 g/mol. The van der Waals surface area contributed by atoms with Crippen LogP contribution in [0.1, 0.15) is 46.5 Å². The molecule has 1 rings (SSSR count). The molecule has 0 aromatic rings. The van der Waals surface area contributed by atoms with Gasteiger partial charge in [0.2, 0.25) is 0 Å². The van der Waals surface area contributed by atoms with Crippen molar-refractivity contribution in [1.82, 2.24) is 4.90 Å². The lowest BCUT2D eigenvalue weighted by atomic mass is 9.96. The first kappa shape index (κ1) is 11.5. The average Bonchev–Trinajstić information content (AvgIpc) is 2.44. The second-order valence-corrected chi connectivity index (χ2v) is 4.65. The maximum Gasteiger partial charge on any atom is 0.0736 e. The van der Waals surface area contributed by atoms with Crippen LogP contribution < -0.4 is 0 Å². The molecule has 3 heteroatoms. The Hall–Kier alpha value is -0.570. The van der Waals surface area contributed by atoms with Gasteiger partial charge in [-0.25, -0.2) is 0 Å². The molecule has 82 valence electrons. The van der Waals surface area contributed by atoms with E-state index in [1.807, 2.05) is 6.92 Å². The van der Waals surface area contributed by atoms with E-state index in [1.165, 1.54) is 25.7 Å². The predicted molar refractivity (Wildman–Crippen MR) is 59.0 cm³/mol. The van der Waals surface area contributed by atoms with Crippen LogP contribution in [0.2, 0.25) is 0 Å². The smallest absolute Gasteiger partial charge is 0.0736 e. The van der Waals surface area contributed by atoms with Gasteiger partial charge in [-0.3, -0.25) is 4.90 Å². The minimum Gasteiger partial charge on any atom is -0.411 e. The van der Waals surface area contributed by atoms with Crippen LogP contribution in [0.25, 0.3) is 0 Å². The normalized spacial score (nSPS) is 22.1. The standard InChI is InChI=1S/C11H22N2O/c1-10(12-14)11(2,3)13-8-6-4-5-7-9-13/h14H,4-9H2,1-3H3. The number of oxime groups is 1. The zero-order valence-electron chi connectivity index (χ0n) is 9.58. The fourth-order valence-corrected chi connectivity index (χ4v) is 1.98. The summed E-state index contributed by atoms with van der Waals surface area (Å²) in [5.74, 6) is 0. The summed E-state index contributed by atoms with van der Waals surface area (Å²) in [5.41, 5.74) is 0.707. The number of likely N-dealkylation sites (tertiary alicyclic amines) is 1. The van der Waals surface area contributed by atoms with Crippen molar-refractivity contribution in [2.75, 3.05) is 13.1 Å². The highest BCUT2D eigenvalue weighted by molar-refractivity contribution is 5.90. The van der Waals surface area contributed by atoms with E-state index in [4.69, 9.17) is 5.21 Å². The van der Waals surface area contributed by atoms with Crippen LogP contribution in [0.5, 0.6) is 0 Å². The van der Waals surface area contributed by atoms with E-state index in [0.717, 1.165) is 18.8 Å². The Balaban J connectivity index is 2.69. The van der Waals surface area contributed by atoms with Crippen molar-refractivity contribution < 1.29 is 5.21 Å². The van der Waals surface area contributed by atoms with Crippen molar-refractivity contribution in [3.63, 3.8) is 0 Å². The molecule has 1 aliphatic rings. The summed E-state index contributed by atoms with van der Waals surface area (Å²) in [6.07, 6.45) is 5.20. The van der Waals surface area contributed by atoms with Crippen molar-refractivity contribution in [2.45, 2.75) is 52.0 Å². The van der Waals surface area contributed by atoms with Gasteiger partial charge in [0.1, 0.15) is 0 Å². The largest absolute Gasteiger partial charge is 0.411 e. The molecule has 0 aromatic carbocycles. The lowest BCUT2D eigenvalue weighted by molar-refractivity contribution is 0.178. The first-order valence-electron chi connectivity index (χ1n) is 5.53. The molecule has 1 heterocycles. The summed E-state index contributed by atoms with van der Waals surface area (Å²) < 4.78 is 0. The minimum absolute atomic E-state index is 0.0981. The molecule has 14 heavy (non-hydrogen) atoms. The highest BCUT2D eigenvalue weighted by Gasteiger charge is 2.30. The molecular formula is C11H22N2O. The lowest BCUT2D eigenvalue weighted by Gasteiger charge is -2.37. The third kappa shape index (κ3) is 2.47. The van der Waals surface area contributed by atoms with Gasteiger partial charge >= 0.3 is 0 Å². The Morgan fingerprint density at radius 1 is 1.14 bits per heavy atom. The molecule has 0 aromatic heterocycles. The van der Waals surface area contributed by atoms with Crippen LogP contribution in [0.15, 0.2) is 5.16 Å². The van der Waals surface area contributed by atoms with Gasteiger partial charge in [-0.05, 0) is 46.7 Å². The van der Waals surface area contributed by atoms with E-state index >= 15 is 0 Å². The molecule has 0 radical (unpaired) electrons. The zero-order valence-corrected chi connectivity index (χ0v) is 9.58. The lowest BCUT2D eigenvalue weighted by Crippen LogP contribution is -2.49. The van der Waals surface area contributed by atoms with E-state index in [9.17, 15) is 0 Å². The van der Waals surface area contributed by atoms with E-state index in [2.05, 4.69) is 23.9 Å². The zero-order chi connectivity index (χ0) is 10.6. The first-order valence-corrected chi connectivity index (χ1v) is 5.53. The SMILES string of the molecule is CC(=NO)C(C)(C)N1CCCCCC1. The Bertz CT molecular complexity index is 203. The summed E-state index contributed by atoms with van der Waals surface area (Å²) in [6.45, 7) is 8.41. The van der Waals surface area contributed by atoms with Gasteiger partial charge in [0, 0.05) is 0 Å². The van der Waals surface area contributed by atoms with Crippen LogP contribution in [0.4, 0.5) is 0 Å². The van der Waals surface area contributed by atoms with E-state index in [-0.39, 0.29) is 5.54 Å². The number of rotatable bonds is 2.